The van der Waals surface area contributed by atoms with Crippen molar-refractivity contribution in [3.63, 3.8) is 0 Å². The number of nitrogens with zero attached hydrogens (tertiary/aromatic N) is 1. The SMILES string of the molecule is FC(F)(F)c1c[nH+]c(N2CC=C([NH+]3CCCCC3)CC2)c(Cl)c1. The topological polar surface area (TPSA) is 21.8 Å². The number of pyridine rings is 1. The fourth-order valence-corrected chi connectivity index (χ4v) is 3.65. The van der Waals surface area contributed by atoms with Gasteiger partial charge in [-0.15, -0.1) is 0 Å². The van der Waals surface area contributed by atoms with Crippen molar-refractivity contribution in [3.05, 3.63) is 34.6 Å². The zero-order valence-electron chi connectivity index (χ0n) is 12.8. The van der Waals surface area contributed by atoms with Gasteiger partial charge < -0.3 is 4.90 Å². The van der Waals surface area contributed by atoms with Gasteiger partial charge in [-0.2, -0.15) is 13.2 Å². The highest BCUT2D eigenvalue weighted by Gasteiger charge is 2.34. The maximum Gasteiger partial charge on any atom is 0.419 e. The lowest BCUT2D eigenvalue weighted by Crippen LogP contribution is -3.11. The lowest BCUT2D eigenvalue weighted by molar-refractivity contribution is -0.867. The minimum absolute atomic E-state index is 0.113. The predicted octanol–water partition coefficient (Wildman–Crippen LogP) is 2.34. The van der Waals surface area contributed by atoms with Gasteiger partial charge in [-0.05, 0) is 25.3 Å². The fourth-order valence-electron chi connectivity index (χ4n) is 3.36. The predicted molar refractivity (Wildman–Crippen MR) is 82.5 cm³/mol. The number of aromatic nitrogens is 1. The third kappa shape index (κ3) is 3.80. The van der Waals surface area contributed by atoms with Crippen LogP contribution in [-0.2, 0) is 6.18 Å². The van der Waals surface area contributed by atoms with E-state index in [4.69, 9.17) is 11.6 Å². The summed E-state index contributed by atoms with van der Waals surface area (Å²) in [4.78, 5) is 6.28. The minimum atomic E-state index is -4.38. The van der Waals surface area contributed by atoms with Crippen LogP contribution in [0.1, 0.15) is 31.2 Å². The first-order valence-corrected chi connectivity index (χ1v) is 8.40. The van der Waals surface area contributed by atoms with Crippen molar-refractivity contribution in [2.24, 2.45) is 0 Å². The van der Waals surface area contributed by atoms with Gasteiger partial charge in [0.2, 0.25) is 0 Å². The quantitative estimate of drug-likeness (QED) is 0.871. The molecule has 2 aliphatic heterocycles. The summed E-state index contributed by atoms with van der Waals surface area (Å²) in [5.74, 6) is 0.559. The van der Waals surface area contributed by atoms with Crippen molar-refractivity contribution in [1.82, 2.24) is 0 Å². The molecule has 1 fully saturated rings. The largest absolute Gasteiger partial charge is 0.419 e. The molecule has 1 saturated heterocycles. The van der Waals surface area contributed by atoms with E-state index in [-0.39, 0.29) is 5.02 Å². The van der Waals surface area contributed by atoms with Crippen LogP contribution in [0.25, 0.3) is 0 Å². The van der Waals surface area contributed by atoms with Gasteiger partial charge in [0.1, 0.15) is 23.5 Å². The molecule has 0 bridgehead atoms. The molecule has 1 aromatic rings. The molecule has 1 aromatic heterocycles. The Labute approximate surface area is 138 Å². The van der Waals surface area contributed by atoms with E-state index < -0.39 is 11.7 Å². The number of aromatic amines is 1. The highest BCUT2D eigenvalue weighted by atomic mass is 35.5. The Hall–Kier alpha value is -1.27. The van der Waals surface area contributed by atoms with E-state index >= 15 is 0 Å². The second kappa shape index (κ2) is 6.69. The molecule has 0 amide bonds. The van der Waals surface area contributed by atoms with Crippen molar-refractivity contribution >= 4 is 17.4 Å². The molecule has 0 radical (unpaired) electrons. The first-order chi connectivity index (χ1) is 10.9. The van der Waals surface area contributed by atoms with Gasteiger partial charge in [-0.25, -0.2) is 4.98 Å². The molecule has 0 atom stereocenters. The zero-order valence-corrected chi connectivity index (χ0v) is 13.6. The van der Waals surface area contributed by atoms with E-state index in [9.17, 15) is 13.2 Å². The molecule has 2 aliphatic rings. The van der Waals surface area contributed by atoms with Crippen LogP contribution in [0.5, 0.6) is 0 Å². The molecule has 126 valence electrons. The number of quaternary nitrogens is 1. The van der Waals surface area contributed by atoms with Gasteiger partial charge in [0.15, 0.2) is 0 Å². The average molecular weight is 348 g/mol. The molecular formula is C16H21ClF3N3+2. The standard InChI is InChI=1S/C16H19ClF3N3/c17-14-10-12(16(18,19)20)11-21-15(14)23-8-4-13(5-9-23)22-6-2-1-3-7-22/h4,10-11H,1-3,5-9H2/p+2. The Morgan fingerprint density at radius 1 is 1.17 bits per heavy atom. The lowest BCUT2D eigenvalue weighted by Gasteiger charge is -2.29. The number of hydrogen-bond acceptors (Lipinski definition) is 1. The lowest BCUT2D eigenvalue weighted by atomic mass is 10.1. The summed E-state index contributed by atoms with van der Waals surface area (Å²) in [5.41, 5.74) is 0.682. The van der Waals surface area contributed by atoms with Crippen molar-refractivity contribution in [3.8, 4) is 0 Å². The van der Waals surface area contributed by atoms with Crippen LogP contribution in [0.4, 0.5) is 19.0 Å². The molecule has 3 heterocycles. The Morgan fingerprint density at radius 3 is 2.48 bits per heavy atom. The van der Waals surface area contributed by atoms with E-state index in [0.29, 0.717) is 12.4 Å². The summed E-state index contributed by atoms with van der Waals surface area (Å²) in [6, 6.07) is 0.989. The van der Waals surface area contributed by atoms with Crippen molar-refractivity contribution in [2.45, 2.75) is 31.9 Å². The molecule has 0 unspecified atom stereocenters. The Kier molecular flexibility index (Phi) is 4.82. The van der Waals surface area contributed by atoms with Gasteiger partial charge in [-0.3, -0.25) is 4.90 Å². The molecule has 23 heavy (non-hydrogen) atoms. The number of hydrogen-bond donors (Lipinski definition) is 1. The highest BCUT2D eigenvalue weighted by molar-refractivity contribution is 6.32. The van der Waals surface area contributed by atoms with Crippen LogP contribution in [-0.4, -0.2) is 26.2 Å². The third-order valence-corrected chi connectivity index (χ3v) is 4.92. The number of H-pyrrole nitrogens is 1. The highest BCUT2D eigenvalue weighted by Crippen LogP contribution is 2.32. The summed E-state index contributed by atoms with van der Waals surface area (Å²) in [6.45, 7) is 3.84. The maximum atomic E-state index is 12.7. The molecule has 0 spiro atoms. The number of likely N-dealkylation sites (tertiary alicyclic amines) is 1. The second-order valence-corrected chi connectivity index (χ2v) is 6.58. The second-order valence-electron chi connectivity index (χ2n) is 6.17. The van der Waals surface area contributed by atoms with Gasteiger partial charge in [-0.1, -0.05) is 11.6 Å². The van der Waals surface area contributed by atoms with Crippen molar-refractivity contribution in [1.29, 1.82) is 0 Å². The number of nitrogens with one attached hydrogen (secondary N) is 2. The normalized spacial score (nSPS) is 20.5. The van der Waals surface area contributed by atoms with E-state index in [2.05, 4.69) is 11.1 Å². The van der Waals surface area contributed by atoms with E-state index in [1.54, 1.807) is 4.90 Å². The molecule has 3 nitrogen and oxygen atoms in total. The molecule has 0 aromatic carbocycles. The number of piperidine rings is 1. The number of rotatable bonds is 2. The third-order valence-electron chi connectivity index (χ3n) is 4.64. The fraction of sp³-hybridized carbons (Fsp3) is 0.562. The smallest absolute Gasteiger partial charge is 0.306 e. The number of anilines is 1. The average Bonchev–Trinajstić information content (AvgIpc) is 2.55. The summed E-state index contributed by atoms with van der Waals surface area (Å²) >= 11 is 6.06. The number of alkyl halides is 3. The van der Waals surface area contributed by atoms with Crippen LogP contribution >= 0.6 is 11.6 Å². The summed E-state index contributed by atoms with van der Waals surface area (Å²) < 4.78 is 38.1. The van der Waals surface area contributed by atoms with Crippen LogP contribution in [0.3, 0.4) is 0 Å². The summed E-state index contributed by atoms with van der Waals surface area (Å²) in [5, 5.41) is 0.113. The van der Waals surface area contributed by atoms with Crippen molar-refractivity contribution < 1.29 is 23.1 Å². The first-order valence-electron chi connectivity index (χ1n) is 8.02. The van der Waals surface area contributed by atoms with Crippen LogP contribution in [0, 0.1) is 0 Å². The van der Waals surface area contributed by atoms with Crippen molar-refractivity contribution in [2.75, 3.05) is 31.1 Å². The molecule has 2 N–H and O–H groups in total. The van der Waals surface area contributed by atoms with Crippen LogP contribution in [0.2, 0.25) is 5.02 Å². The Bertz CT molecular complexity index is 595. The molecule has 3 rings (SSSR count). The van der Waals surface area contributed by atoms with Crippen LogP contribution in [0.15, 0.2) is 24.0 Å². The minimum Gasteiger partial charge on any atom is -0.306 e. The molecular weight excluding hydrogens is 327 g/mol. The summed E-state index contributed by atoms with van der Waals surface area (Å²) in [6.07, 6.45) is 3.59. The first kappa shape index (κ1) is 16.6. The van der Waals surface area contributed by atoms with Gasteiger partial charge in [0.05, 0.1) is 31.6 Å². The van der Waals surface area contributed by atoms with Gasteiger partial charge >= 0.3 is 6.18 Å². The van der Waals surface area contributed by atoms with Gasteiger partial charge in [0, 0.05) is 6.08 Å². The molecule has 0 aliphatic carbocycles. The Morgan fingerprint density at radius 2 is 1.91 bits per heavy atom. The van der Waals surface area contributed by atoms with Gasteiger partial charge in [0.25, 0.3) is 5.82 Å². The Balaban J connectivity index is 1.71. The zero-order chi connectivity index (χ0) is 16.4. The summed E-state index contributed by atoms with van der Waals surface area (Å²) in [7, 11) is 0. The maximum absolute atomic E-state index is 12.7. The molecule has 0 saturated carbocycles. The molecule has 7 heteroatoms. The number of halogens is 4. The monoisotopic (exact) mass is 347 g/mol. The van der Waals surface area contributed by atoms with E-state index in [1.807, 2.05) is 4.90 Å². The van der Waals surface area contributed by atoms with E-state index in [1.165, 1.54) is 38.0 Å². The van der Waals surface area contributed by atoms with E-state index in [0.717, 1.165) is 25.2 Å². The van der Waals surface area contributed by atoms with Crippen LogP contribution < -0.4 is 14.8 Å².